The van der Waals surface area contributed by atoms with Crippen LogP contribution < -0.4 is 45.9 Å². The van der Waals surface area contributed by atoms with Gasteiger partial charge < -0.3 is 9.64 Å². The van der Waals surface area contributed by atoms with Crippen molar-refractivity contribution in [2.45, 2.75) is 5.41 Å². The zero-order chi connectivity index (χ0) is 47.2. The predicted molar refractivity (Wildman–Crippen MR) is 300 cm³/mol. The minimum absolute atomic E-state index is 0.657. The van der Waals surface area contributed by atoms with Crippen LogP contribution in [0.5, 0.6) is 11.5 Å². The molecule has 2 aliphatic rings. The second-order valence-electron chi connectivity index (χ2n) is 18.5. The van der Waals surface area contributed by atoms with Gasteiger partial charge in [-0.05, 0) is 102 Å². The molecule has 335 valence electrons. The van der Waals surface area contributed by atoms with Crippen molar-refractivity contribution in [1.82, 2.24) is 0 Å². The SMILES string of the molecule is c1ccc(-c2ccc(N(c3ccc([Si](c4ccccc4)(c4ccccc4)c4ccccc4)cc3)c3ccc4c(c3)C3(c5ccccc5Oc5ccccc53)c3ccccc3[Si]4c3ccccc3)cc2)cc1. The van der Waals surface area contributed by atoms with Crippen LogP contribution in [0.15, 0.2) is 291 Å². The largest absolute Gasteiger partial charge is 0.457 e. The molecule has 0 bridgehead atoms. The number of ether oxygens (including phenoxy) is 1. The number of hydrogen-bond donors (Lipinski definition) is 0. The van der Waals surface area contributed by atoms with Gasteiger partial charge in [0.25, 0.3) is 0 Å². The van der Waals surface area contributed by atoms with E-state index in [1.54, 1.807) is 0 Å². The maximum atomic E-state index is 6.85. The lowest BCUT2D eigenvalue weighted by Crippen LogP contribution is -2.74. The lowest BCUT2D eigenvalue weighted by atomic mass is 9.63. The second kappa shape index (κ2) is 17.8. The van der Waals surface area contributed by atoms with Crippen LogP contribution in [0.2, 0.25) is 0 Å². The van der Waals surface area contributed by atoms with Gasteiger partial charge >= 0.3 is 0 Å². The van der Waals surface area contributed by atoms with Crippen LogP contribution in [0.4, 0.5) is 17.1 Å². The van der Waals surface area contributed by atoms with Gasteiger partial charge in [-0.3, -0.25) is 0 Å². The first kappa shape index (κ1) is 42.5. The Morgan fingerprint density at radius 3 is 1.25 bits per heavy atom. The van der Waals surface area contributed by atoms with Gasteiger partial charge in [0, 0.05) is 28.2 Å². The summed E-state index contributed by atoms with van der Waals surface area (Å²) in [6, 6.07) is 108. The van der Waals surface area contributed by atoms with Crippen molar-refractivity contribution >= 4 is 70.2 Å². The molecular weight excluding hydrogens is 891 g/mol. The number of fused-ring (bicyclic) bond motifs is 8. The molecule has 0 aliphatic carbocycles. The number of hydrogen-bond acceptors (Lipinski definition) is 2. The zero-order valence-corrected chi connectivity index (χ0v) is 41.1. The first-order valence-electron chi connectivity index (χ1n) is 24.5. The monoisotopic (exact) mass is 938 g/mol. The third-order valence-electron chi connectivity index (χ3n) is 14.8. The molecule has 11 aromatic rings. The molecule has 1 spiro atoms. The van der Waals surface area contributed by atoms with E-state index in [-0.39, 0.29) is 0 Å². The molecule has 0 saturated heterocycles. The average molecular weight is 939 g/mol. The number of para-hydroxylation sites is 2. The molecule has 1 radical (unpaired) electrons. The van der Waals surface area contributed by atoms with Gasteiger partial charge in [-0.15, -0.1) is 0 Å². The molecule has 2 heterocycles. The topological polar surface area (TPSA) is 12.5 Å². The van der Waals surface area contributed by atoms with Crippen LogP contribution in [0.3, 0.4) is 0 Å². The molecule has 2 aliphatic heterocycles. The first-order chi connectivity index (χ1) is 35.2. The molecule has 0 N–H and O–H groups in total. The molecule has 2 nitrogen and oxygen atoms in total. The molecule has 4 heteroatoms. The Labute approximate surface area is 419 Å². The summed E-state index contributed by atoms with van der Waals surface area (Å²) in [5.74, 6) is 1.78. The predicted octanol–water partition coefficient (Wildman–Crippen LogP) is 11.5. The van der Waals surface area contributed by atoms with Gasteiger partial charge in [-0.1, -0.05) is 248 Å². The summed E-state index contributed by atoms with van der Waals surface area (Å²) in [5.41, 5.74) is 9.91. The number of anilines is 3. The fourth-order valence-corrected chi connectivity index (χ4v) is 19.6. The van der Waals surface area contributed by atoms with E-state index in [0.717, 1.165) is 39.7 Å². The van der Waals surface area contributed by atoms with Crippen LogP contribution >= 0.6 is 0 Å². The van der Waals surface area contributed by atoms with Crippen molar-refractivity contribution < 1.29 is 4.74 Å². The van der Waals surface area contributed by atoms with E-state index in [4.69, 9.17) is 4.74 Å². The quantitative estimate of drug-likeness (QED) is 0.106. The van der Waals surface area contributed by atoms with Crippen molar-refractivity contribution in [2.75, 3.05) is 4.90 Å². The third kappa shape index (κ3) is 6.90. The van der Waals surface area contributed by atoms with E-state index >= 15 is 0 Å². The highest BCUT2D eigenvalue weighted by atomic mass is 28.3. The fourth-order valence-electron chi connectivity index (χ4n) is 11.8. The number of benzene rings is 11. The molecule has 0 atom stereocenters. The molecule has 0 fully saturated rings. The standard InChI is InChI=1S/C67H48NOSi2/c1-6-22-49(23-7-1)50-38-40-51(41-39-50)68(52-42-45-58(46-43-52)71(55-26-10-3-11-27-55,56-28-12-4-13-29-56)57-30-14-5-15-31-57)53-44-47-66-62(48-53)67(59-32-16-19-35-63(59)69-64-36-20-17-33-60(64)67)61-34-18-21-37-65(61)70(66)54-24-8-2-9-25-54/h1-48H. The maximum Gasteiger partial charge on any atom is 0.179 e. The highest BCUT2D eigenvalue weighted by Crippen LogP contribution is 2.56. The molecule has 0 aromatic heterocycles. The Morgan fingerprint density at radius 2 is 0.704 bits per heavy atom. The minimum atomic E-state index is -2.78. The molecule has 0 amide bonds. The second-order valence-corrected chi connectivity index (χ2v) is 24.7. The highest BCUT2D eigenvalue weighted by Gasteiger charge is 2.52. The third-order valence-corrected chi connectivity index (χ3v) is 22.5. The van der Waals surface area contributed by atoms with Gasteiger partial charge in [0.1, 0.15) is 11.5 Å². The van der Waals surface area contributed by atoms with E-state index in [2.05, 4.69) is 296 Å². The van der Waals surface area contributed by atoms with Crippen molar-refractivity contribution in [2.24, 2.45) is 0 Å². The summed E-state index contributed by atoms with van der Waals surface area (Å²) in [7, 11) is -4.25. The van der Waals surface area contributed by atoms with E-state index in [9.17, 15) is 0 Å². The molecule has 13 rings (SSSR count). The Hall–Kier alpha value is -8.55. The minimum Gasteiger partial charge on any atom is -0.457 e. The normalized spacial score (nSPS) is 13.2. The number of rotatable bonds is 9. The summed E-state index contributed by atoms with van der Waals surface area (Å²) in [5, 5.41) is 9.55. The van der Waals surface area contributed by atoms with Crippen LogP contribution in [0.25, 0.3) is 11.1 Å². The van der Waals surface area contributed by atoms with Gasteiger partial charge in [-0.25, -0.2) is 0 Å². The molecule has 0 saturated carbocycles. The van der Waals surface area contributed by atoms with E-state index in [1.807, 2.05) is 0 Å². The van der Waals surface area contributed by atoms with Gasteiger partial charge in [0.2, 0.25) is 0 Å². The van der Waals surface area contributed by atoms with E-state index in [0.29, 0.717) is 0 Å². The Balaban J connectivity index is 1.07. The van der Waals surface area contributed by atoms with Gasteiger partial charge in [-0.2, -0.15) is 0 Å². The maximum absolute atomic E-state index is 6.85. The zero-order valence-electron chi connectivity index (χ0n) is 39.1. The van der Waals surface area contributed by atoms with E-state index < -0.39 is 22.3 Å². The Kier molecular flexibility index (Phi) is 10.6. The summed E-state index contributed by atoms with van der Waals surface area (Å²) in [6.07, 6.45) is 0. The van der Waals surface area contributed by atoms with Crippen molar-refractivity contribution in [3.05, 3.63) is 313 Å². The van der Waals surface area contributed by atoms with Crippen LogP contribution in [0.1, 0.15) is 22.3 Å². The Morgan fingerprint density at radius 1 is 0.310 bits per heavy atom. The van der Waals surface area contributed by atoms with Crippen molar-refractivity contribution in [1.29, 1.82) is 0 Å². The molecule has 0 unspecified atom stereocenters. The first-order valence-corrected chi connectivity index (χ1v) is 28.0. The lowest BCUT2D eigenvalue weighted by Gasteiger charge is -2.47. The van der Waals surface area contributed by atoms with Crippen LogP contribution in [0, 0.1) is 0 Å². The molecular formula is C67H48NOSi2. The lowest BCUT2D eigenvalue weighted by molar-refractivity contribution is 0.435. The molecule has 11 aromatic carbocycles. The summed E-state index contributed by atoms with van der Waals surface area (Å²) >= 11 is 0. The summed E-state index contributed by atoms with van der Waals surface area (Å²) in [6.45, 7) is 0. The summed E-state index contributed by atoms with van der Waals surface area (Å²) < 4.78 is 6.85. The fraction of sp³-hybridized carbons (Fsp3) is 0.0149. The smallest absolute Gasteiger partial charge is 0.179 e. The van der Waals surface area contributed by atoms with Crippen LogP contribution in [-0.2, 0) is 5.41 Å². The Bertz CT molecular complexity index is 3520. The van der Waals surface area contributed by atoms with E-state index in [1.165, 1.54) is 58.6 Å². The highest BCUT2D eigenvalue weighted by molar-refractivity contribution is 7.19. The summed E-state index contributed by atoms with van der Waals surface area (Å²) in [4.78, 5) is 2.47. The van der Waals surface area contributed by atoms with Gasteiger partial charge in [0.05, 0.1) is 5.41 Å². The van der Waals surface area contributed by atoms with Crippen molar-refractivity contribution in [3.63, 3.8) is 0 Å². The van der Waals surface area contributed by atoms with Gasteiger partial charge in [0.15, 0.2) is 16.9 Å². The average Bonchev–Trinajstić information content (AvgIpc) is 3.45. The van der Waals surface area contributed by atoms with Crippen molar-refractivity contribution in [3.8, 4) is 22.6 Å². The number of nitrogens with zero attached hydrogens (tertiary/aromatic N) is 1. The molecule has 71 heavy (non-hydrogen) atoms. The van der Waals surface area contributed by atoms with Crippen LogP contribution in [-0.4, -0.2) is 16.9 Å².